The Kier molecular flexibility index (Phi) is 5.30. The SMILES string of the molecule is CC(=O)N1CCCC(C(=O)NCCc2nc3c(s2)CCCC3)C1. The van der Waals surface area contributed by atoms with E-state index in [9.17, 15) is 9.59 Å². The zero-order chi connectivity index (χ0) is 16.2. The third kappa shape index (κ3) is 4.10. The molecule has 23 heavy (non-hydrogen) atoms. The normalized spacial score (nSPS) is 20.9. The summed E-state index contributed by atoms with van der Waals surface area (Å²) >= 11 is 1.81. The van der Waals surface area contributed by atoms with E-state index in [2.05, 4.69) is 5.32 Å². The number of hydrogen-bond acceptors (Lipinski definition) is 4. The molecule has 1 aliphatic carbocycles. The molecule has 2 heterocycles. The Bertz CT molecular complexity index is 561. The van der Waals surface area contributed by atoms with Gasteiger partial charge in [-0.2, -0.15) is 0 Å². The highest BCUT2D eigenvalue weighted by molar-refractivity contribution is 7.11. The molecule has 5 nitrogen and oxygen atoms in total. The number of aromatic nitrogens is 1. The Hall–Kier alpha value is -1.43. The highest BCUT2D eigenvalue weighted by Gasteiger charge is 2.26. The van der Waals surface area contributed by atoms with Gasteiger partial charge in [0.25, 0.3) is 0 Å². The molecule has 1 atom stereocenters. The molecule has 2 amide bonds. The van der Waals surface area contributed by atoms with Crippen LogP contribution in [-0.4, -0.2) is 41.3 Å². The fraction of sp³-hybridized carbons (Fsp3) is 0.706. The number of piperidine rings is 1. The van der Waals surface area contributed by atoms with E-state index in [1.54, 1.807) is 11.8 Å². The van der Waals surface area contributed by atoms with Crippen molar-refractivity contribution in [2.45, 2.75) is 51.9 Å². The number of aryl methyl sites for hydroxylation is 2. The van der Waals surface area contributed by atoms with Crippen molar-refractivity contribution in [2.75, 3.05) is 19.6 Å². The molecule has 1 unspecified atom stereocenters. The van der Waals surface area contributed by atoms with E-state index < -0.39 is 0 Å². The predicted octanol–water partition coefficient (Wildman–Crippen LogP) is 1.94. The van der Waals surface area contributed by atoms with Crippen molar-refractivity contribution in [3.63, 3.8) is 0 Å². The summed E-state index contributed by atoms with van der Waals surface area (Å²) in [4.78, 5) is 31.7. The number of hydrogen-bond donors (Lipinski definition) is 1. The van der Waals surface area contributed by atoms with Crippen molar-refractivity contribution in [3.05, 3.63) is 15.6 Å². The van der Waals surface area contributed by atoms with Crippen molar-refractivity contribution in [2.24, 2.45) is 5.92 Å². The quantitative estimate of drug-likeness (QED) is 0.915. The van der Waals surface area contributed by atoms with E-state index in [1.807, 2.05) is 11.3 Å². The van der Waals surface area contributed by atoms with E-state index >= 15 is 0 Å². The number of amides is 2. The summed E-state index contributed by atoms with van der Waals surface area (Å²) in [5, 5.41) is 4.18. The molecule has 1 aromatic rings. The first-order valence-electron chi connectivity index (χ1n) is 8.64. The summed E-state index contributed by atoms with van der Waals surface area (Å²) in [6.07, 6.45) is 7.41. The van der Waals surface area contributed by atoms with E-state index in [-0.39, 0.29) is 17.7 Å². The zero-order valence-electron chi connectivity index (χ0n) is 13.8. The average Bonchev–Trinajstić information content (AvgIpc) is 2.97. The number of thiazole rings is 1. The van der Waals surface area contributed by atoms with Crippen LogP contribution in [0.3, 0.4) is 0 Å². The first-order valence-corrected chi connectivity index (χ1v) is 9.46. The van der Waals surface area contributed by atoms with Gasteiger partial charge in [0.05, 0.1) is 16.6 Å². The van der Waals surface area contributed by atoms with Crippen LogP contribution < -0.4 is 5.32 Å². The second kappa shape index (κ2) is 7.43. The Morgan fingerprint density at radius 2 is 2.13 bits per heavy atom. The van der Waals surface area contributed by atoms with Crippen LogP contribution in [0.25, 0.3) is 0 Å². The molecule has 1 N–H and O–H groups in total. The molecule has 1 aromatic heterocycles. The predicted molar refractivity (Wildman–Crippen MR) is 90.4 cm³/mol. The van der Waals surface area contributed by atoms with Crippen molar-refractivity contribution in [1.29, 1.82) is 0 Å². The Morgan fingerprint density at radius 1 is 1.30 bits per heavy atom. The topological polar surface area (TPSA) is 62.3 Å². The van der Waals surface area contributed by atoms with Gasteiger partial charge in [-0.05, 0) is 38.5 Å². The third-order valence-corrected chi connectivity index (χ3v) is 5.98. The molecule has 1 fully saturated rings. The standard InChI is InChI=1S/C17H25N3O2S/c1-12(21)20-10-4-5-13(11-20)17(22)18-9-8-16-19-14-6-2-3-7-15(14)23-16/h13H,2-11H2,1H3,(H,18,22). The van der Waals surface area contributed by atoms with E-state index in [1.165, 1.54) is 29.8 Å². The summed E-state index contributed by atoms with van der Waals surface area (Å²) < 4.78 is 0. The number of carbonyl (C=O) groups excluding carboxylic acids is 2. The van der Waals surface area contributed by atoms with Gasteiger partial charge in [0.15, 0.2) is 0 Å². The van der Waals surface area contributed by atoms with Crippen molar-refractivity contribution in [3.8, 4) is 0 Å². The largest absolute Gasteiger partial charge is 0.355 e. The summed E-state index contributed by atoms with van der Waals surface area (Å²) in [5.41, 5.74) is 1.28. The maximum absolute atomic E-state index is 12.3. The number of rotatable bonds is 4. The fourth-order valence-corrected chi connectivity index (χ4v) is 4.58. The van der Waals surface area contributed by atoms with E-state index in [4.69, 9.17) is 4.98 Å². The Morgan fingerprint density at radius 3 is 2.91 bits per heavy atom. The number of fused-ring (bicyclic) bond motifs is 1. The molecular weight excluding hydrogens is 310 g/mol. The van der Waals surface area contributed by atoms with Crippen LogP contribution >= 0.6 is 11.3 Å². The lowest BCUT2D eigenvalue weighted by Crippen LogP contribution is -2.45. The van der Waals surface area contributed by atoms with Crippen LogP contribution in [0.5, 0.6) is 0 Å². The number of nitrogens with one attached hydrogen (secondary N) is 1. The van der Waals surface area contributed by atoms with Crippen molar-refractivity contribution < 1.29 is 9.59 Å². The summed E-state index contributed by atoms with van der Waals surface area (Å²) in [5.74, 6) is 0.0882. The number of carbonyl (C=O) groups is 2. The molecule has 0 aromatic carbocycles. The molecule has 3 rings (SSSR count). The van der Waals surface area contributed by atoms with Crippen LogP contribution in [0.2, 0.25) is 0 Å². The van der Waals surface area contributed by atoms with Gasteiger partial charge < -0.3 is 10.2 Å². The molecule has 1 saturated heterocycles. The molecule has 0 radical (unpaired) electrons. The molecule has 0 saturated carbocycles. The monoisotopic (exact) mass is 335 g/mol. The average molecular weight is 335 g/mol. The molecule has 2 aliphatic rings. The smallest absolute Gasteiger partial charge is 0.224 e. The van der Waals surface area contributed by atoms with Crippen LogP contribution in [0.1, 0.15) is 48.2 Å². The van der Waals surface area contributed by atoms with Gasteiger partial charge >= 0.3 is 0 Å². The van der Waals surface area contributed by atoms with Crippen LogP contribution in [0.15, 0.2) is 0 Å². The lowest BCUT2D eigenvalue weighted by atomic mass is 9.97. The highest BCUT2D eigenvalue weighted by Crippen LogP contribution is 2.26. The molecule has 0 bridgehead atoms. The van der Waals surface area contributed by atoms with Gasteiger partial charge in [0.1, 0.15) is 0 Å². The first-order chi connectivity index (χ1) is 11.1. The van der Waals surface area contributed by atoms with Gasteiger partial charge in [-0.1, -0.05) is 0 Å². The second-order valence-electron chi connectivity index (χ2n) is 6.53. The maximum Gasteiger partial charge on any atom is 0.224 e. The van der Waals surface area contributed by atoms with E-state index in [0.29, 0.717) is 13.1 Å². The minimum Gasteiger partial charge on any atom is -0.355 e. The fourth-order valence-electron chi connectivity index (χ4n) is 3.43. The highest BCUT2D eigenvalue weighted by atomic mass is 32.1. The minimum absolute atomic E-state index is 0.0582. The van der Waals surface area contributed by atoms with Crippen LogP contribution in [0, 0.1) is 5.92 Å². The minimum atomic E-state index is -0.0582. The van der Waals surface area contributed by atoms with Gasteiger partial charge in [0.2, 0.25) is 11.8 Å². The summed E-state index contributed by atoms with van der Waals surface area (Å²) in [7, 11) is 0. The van der Waals surface area contributed by atoms with Crippen LogP contribution in [0.4, 0.5) is 0 Å². The van der Waals surface area contributed by atoms with Crippen molar-refractivity contribution >= 4 is 23.2 Å². The lowest BCUT2D eigenvalue weighted by molar-refractivity contribution is -0.133. The number of nitrogens with zero attached hydrogens (tertiary/aromatic N) is 2. The van der Waals surface area contributed by atoms with Gasteiger partial charge in [-0.25, -0.2) is 4.98 Å². The molecule has 0 spiro atoms. The molecule has 6 heteroatoms. The molecule has 126 valence electrons. The van der Waals surface area contributed by atoms with Gasteiger partial charge in [-0.3, -0.25) is 9.59 Å². The zero-order valence-corrected chi connectivity index (χ0v) is 14.6. The molecule has 1 aliphatic heterocycles. The lowest BCUT2D eigenvalue weighted by Gasteiger charge is -2.31. The summed E-state index contributed by atoms with van der Waals surface area (Å²) in [6, 6.07) is 0. The Labute approximate surface area is 141 Å². The second-order valence-corrected chi connectivity index (χ2v) is 7.70. The first kappa shape index (κ1) is 16.4. The Balaban J connectivity index is 1.45. The number of likely N-dealkylation sites (tertiary alicyclic amines) is 1. The van der Waals surface area contributed by atoms with E-state index in [0.717, 1.165) is 37.2 Å². The molecular formula is C17H25N3O2S. The third-order valence-electron chi connectivity index (χ3n) is 4.77. The van der Waals surface area contributed by atoms with Crippen molar-refractivity contribution in [1.82, 2.24) is 15.2 Å². The summed E-state index contributed by atoms with van der Waals surface area (Å²) in [6.45, 7) is 3.56. The van der Waals surface area contributed by atoms with Crippen LogP contribution in [-0.2, 0) is 28.9 Å². The van der Waals surface area contributed by atoms with Gasteiger partial charge in [0, 0.05) is 37.9 Å². The van der Waals surface area contributed by atoms with Gasteiger partial charge in [-0.15, -0.1) is 11.3 Å². The maximum atomic E-state index is 12.3.